The van der Waals surface area contributed by atoms with Crippen molar-refractivity contribution in [2.24, 2.45) is 0 Å². The Morgan fingerprint density at radius 1 is 0.343 bits per heavy atom. The van der Waals surface area contributed by atoms with Crippen molar-refractivity contribution in [1.82, 2.24) is 29.9 Å². The monoisotopic (exact) mass is 964 g/mol. The van der Waals surface area contributed by atoms with Gasteiger partial charge < -0.3 is 38.6 Å². The van der Waals surface area contributed by atoms with Crippen LogP contribution < -0.4 is 28.4 Å². The molecule has 6 aromatic carbocycles. The third-order valence-electron chi connectivity index (χ3n) is 9.17. The van der Waals surface area contributed by atoms with Gasteiger partial charge in [0, 0.05) is 0 Å². The molecule has 0 saturated heterocycles. The van der Waals surface area contributed by atoms with E-state index in [1.54, 1.807) is 0 Å². The summed E-state index contributed by atoms with van der Waals surface area (Å²) in [5.74, 6) is -0.692. The largest absolute Gasteiger partial charge is 0.508 e. The van der Waals surface area contributed by atoms with E-state index in [0.717, 1.165) is 0 Å². The zero-order valence-electron chi connectivity index (χ0n) is 34.6. The Kier molecular flexibility index (Phi) is 12.5. The van der Waals surface area contributed by atoms with Crippen molar-refractivity contribution < 1.29 is 63.9 Å². The molecule has 0 aliphatic carbocycles. The summed E-state index contributed by atoms with van der Waals surface area (Å²) >= 11 is 0. The number of hydrogen-bond acceptors (Lipinski definition) is 20. The second-order valence-corrected chi connectivity index (χ2v) is 19.2. The molecule has 8 rings (SSSR count). The molecule has 8 aromatic rings. The van der Waals surface area contributed by atoms with Gasteiger partial charge in [-0.1, -0.05) is 36.4 Å². The van der Waals surface area contributed by atoms with E-state index in [-0.39, 0.29) is 81.9 Å². The van der Waals surface area contributed by atoms with Crippen LogP contribution >= 0.6 is 0 Å². The topological polar surface area (TPSA) is 276 Å². The minimum absolute atomic E-state index is 0.0697. The number of ether oxygens (including phenoxy) is 6. The standard InChI is InChI=1S/C44H32N6O14S3/c1-59-39-45-41(49-42(46-39)62-33-9-3-6-12-36(33)65(53,54)30-21-15-27(51)16-22-30)61-29-19-25-32(26-20-29)67(57,58)38-14-8-5-11-35(38)64-44-48-40(60-2)47-43(50-44)63-34-10-4-7-13-37(34)66(55,56)31-23-17-28(52)18-24-31/h3-26,51-52H,1-2H3. The molecule has 0 radical (unpaired) electrons. The number of aromatic nitrogens is 6. The molecule has 0 amide bonds. The fraction of sp³-hybridized carbons (Fsp3) is 0.0455. The second-order valence-electron chi connectivity index (χ2n) is 13.5. The van der Waals surface area contributed by atoms with E-state index < -0.39 is 47.5 Å². The van der Waals surface area contributed by atoms with Crippen LogP contribution in [0.1, 0.15) is 0 Å². The van der Waals surface area contributed by atoms with Gasteiger partial charge in [0.15, 0.2) is 0 Å². The van der Waals surface area contributed by atoms with Crippen LogP contribution in [-0.2, 0) is 29.5 Å². The van der Waals surface area contributed by atoms with E-state index in [1.807, 2.05) is 0 Å². The second kappa shape index (κ2) is 18.6. The molecule has 0 unspecified atom stereocenters. The number of rotatable bonds is 16. The van der Waals surface area contributed by atoms with Gasteiger partial charge in [-0.15, -0.1) is 29.9 Å². The Morgan fingerprint density at radius 3 is 0.925 bits per heavy atom. The van der Waals surface area contributed by atoms with Crippen LogP contribution in [0.4, 0.5) is 0 Å². The van der Waals surface area contributed by atoms with E-state index >= 15 is 0 Å². The lowest BCUT2D eigenvalue weighted by molar-refractivity contribution is 0.333. The molecule has 0 fully saturated rings. The van der Waals surface area contributed by atoms with E-state index in [9.17, 15) is 35.5 Å². The summed E-state index contributed by atoms with van der Waals surface area (Å²) in [6.45, 7) is 0. The Labute approximate surface area is 381 Å². The van der Waals surface area contributed by atoms with Gasteiger partial charge in [-0.25, -0.2) is 25.3 Å². The highest BCUT2D eigenvalue weighted by atomic mass is 32.2. The molecule has 0 atom stereocenters. The maximum atomic E-state index is 14.1. The Bertz CT molecular complexity index is 3460. The lowest BCUT2D eigenvalue weighted by Crippen LogP contribution is -2.07. The molecule has 23 heteroatoms. The molecule has 20 nitrogen and oxygen atoms in total. The number of phenolic OH excluding ortho intramolecular Hbond substituents is 2. The predicted molar refractivity (Wildman–Crippen MR) is 231 cm³/mol. The predicted octanol–water partition coefficient (Wildman–Crippen LogP) is 7.15. The highest BCUT2D eigenvalue weighted by molar-refractivity contribution is 7.92. The first-order valence-electron chi connectivity index (χ1n) is 19.2. The molecule has 2 N–H and O–H groups in total. The lowest BCUT2D eigenvalue weighted by Gasteiger charge is -2.13. The third-order valence-corrected chi connectivity index (χ3v) is 14.6. The Balaban J connectivity index is 1.02. The molecule has 0 bridgehead atoms. The molecule has 0 aliphatic heterocycles. The van der Waals surface area contributed by atoms with E-state index in [1.165, 1.54) is 160 Å². The first-order valence-corrected chi connectivity index (χ1v) is 23.6. The van der Waals surface area contributed by atoms with Gasteiger partial charge in [-0.2, -0.15) is 0 Å². The number of aromatic hydroxyl groups is 2. The van der Waals surface area contributed by atoms with Crippen LogP contribution in [0.15, 0.2) is 175 Å². The summed E-state index contributed by atoms with van der Waals surface area (Å²) in [4.78, 5) is 23.3. The van der Waals surface area contributed by atoms with Crippen LogP contribution in [-0.4, -0.2) is 79.6 Å². The zero-order valence-corrected chi connectivity index (χ0v) is 37.0. The molecule has 340 valence electrons. The number of methoxy groups -OCH3 is 2. The molecule has 67 heavy (non-hydrogen) atoms. The molecule has 0 spiro atoms. The highest BCUT2D eigenvalue weighted by Gasteiger charge is 2.27. The van der Waals surface area contributed by atoms with Crippen molar-refractivity contribution in [3.63, 3.8) is 0 Å². The molecule has 2 heterocycles. The smallest absolute Gasteiger partial charge is 0.331 e. The van der Waals surface area contributed by atoms with Crippen LogP contribution in [0.5, 0.6) is 70.6 Å². The van der Waals surface area contributed by atoms with Crippen molar-refractivity contribution in [3.05, 3.63) is 146 Å². The van der Waals surface area contributed by atoms with E-state index in [2.05, 4.69) is 29.9 Å². The van der Waals surface area contributed by atoms with Crippen molar-refractivity contribution in [1.29, 1.82) is 0 Å². The van der Waals surface area contributed by atoms with Gasteiger partial charge in [0.2, 0.25) is 29.5 Å². The van der Waals surface area contributed by atoms with Crippen LogP contribution in [0.2, 0.25) is 0 Å². The summed E-state index contributed by atoms with van der Waals surface area (Å²) in [6.07, 6.45) is 0. The summed E-state index contributed by atoms with van der Waals surface area (Å²) in [6, 6.07) is 29.9. The average molecular weight is 965 g/mol. The first kappa shape index (κ1) is 45.2. The van der Waals surface area contributed by atoms with Gasteiger partial charge in [-0.05, 0) is 109 Å². The normalized spacial score (nSPS) is 11.6. The van der Waals surface area contributed by atoms with Crippen molar-refractivity contribution in [2.45, 2.75) is 29.4 Å². The molecular formula is C44H32N6O14S3. The maximum absolute atomic E-state index is 14.1. The van der Waals surface area contributed by atoms with Gasteiger partial charge in [-0.3, -0.25) is 0 Å². The number of hydrogen-bond donors (Lipinski definition) is 2. The van der Waals surface area contributed by atoms with E-state index in [4.69, 9.17) is 28.4 Å². The first-order chi connectivity index (χ1) is 32.1. The maximum Gasteiger partial charge on any atom is 0.331 e. The summed E-state index contributed by atoms with van der Waals surface area (Å²) in [7, 11) is -10.1. The summed E-state index contributed by atoms with van der Waals surface area (Å²) in [5, 5.41) is 19.3. The van der Waals surface area contributed by atoms with Crippen LogP contribution in [0, 0.1) is 0 Å². The number of benzene rings is 6. The summed E-state index contributed by atoms with van der Waals surface area (Å²) < 4.78 is 116. The quantitative estimate of drug-likeness (QED) is 0.0972. The zero-order chi connectivity index (χ0) is 47.3. The number of nitrogens with zero attached hydrogens (tertiary/aromatic N) is 6. The third kappa shape index (κ3) is 9.82. The SMILES string of the molecule is COc1nc(Oc2ccc(S(=O)(=O)c3ccccc3Oc3nc(OC)nc(Oc4ccccc4S(=O)(=O)c4ccc(O)cc4)n3)cc2)nc(Oc2ccccc2S(=O)(=O)c2ccc(O)cc2)n1. The van der Waals surface area contributed by atoms with Gasteiger partial charge in [0.1, 0.15) is 49.2 Å². The van der Waals surface area contributed by atoms with Gasteiger partial charge in [0.25, 0.3) is 0 Å². The number of phenols is 2. The van der Waals surface area contributed by atoms with Crippen molar-refractivity contribution in [3.8, 4) is 70.6 Å². The molecular weight excluding hydrogens is 933 g/mol. The average Bonchev–Trinajstić information content (AvgIpc) is 3.32. The Morgan fingerprint density at radius 2 is 0.612 bits per heavy atom. The van der Waals surface area contributed by atoms with Crippen LogP contribution in [0.25, 0.3) is 0 Å². The highest BCUT2D eigenvalue weighted by Crippen LogP contribution is 2.37. The van der Waals surface area contributed by atoms with Crippen LogP contribution in [0.3, 0.4) is 0 Å². The fourth-order valence-electron chi connectivity index (χ4n) is 5.99. The molecule has 0 saturated carbocycles. The molecule has 2 aromatic heterocycles. The number of sulfone groups is 3. The fourth-order valence-corrected chi connectivity index (χ4v) is 10.1. The Hall–Kier alpha value is -8.41. The van der Waals surface area contributed by atoms with E-state index in [0.29, 0.717) is 0 Å². The van der Waals surface area contributed by atoms with Gasteiger partial charge >= 0.3 is 36.1 Å². The summed E-state index contributed by atoms with van der Waals surface area (Å²) in [5.41, 5.74) is 0. The minimum Gasteiger partial charge on any atom is -0.508 e. The van der Waals surface area contributed by atoms with Crippen molar-refractivity contribution in [2.75, 3.05) is 14.2 Å². The minimum atomic E-state index is -4.33. The lowest BCUT2D eigenvalue weighted by atomic mass is 10.3. The number of para-hydroxylation sites is 3. The van der Waals surface area contributed by atoms with Gasteiger partial charge in [0.05, 0.1) is 28.9 Å². The molecule has 0 aliphatic rings. The van der Waals surface area contributed by atoms with Crippen molar-refractivity contribution >= 4 is 29.5 Å².